The zero-order valence-electron chi connectivity index (χ0n) is 15.6. The highest BCUT2D eigenvalue weighted by atomic mass is 35.5. The average molecular weight is 400 g/mol. The molecule has 3 nitrogen and oxygen atoms in total. The van der Waals surface area contributed by atoms with Gasteiger partial charge in [-0.15, -0.1) is 0 Å². The number of hydrogen-bond donors (Lipinski definition) is 0. The van der Waals surface area contributed by atoms with Crippen LogP contribution in [0.4, 0.5) is 5.69 Å². The molecule has 0 N–H and O–H groups in total. The molecule has 140 valence electrons. The standard InChI is InChI=1S/C22H23Cl2N3/c1-15(20-5-4-19(23)12-21(20)24)27-13-18-11-17(3-6-22(18)25-14-27)16-7-9-26(2)10-8-16/h3-7,11-12,14-15H,8-10,13H2,1-2H3. The molecule has 2 heterocycles. The van der Waals surface area contributed by atoms with E-state index in [0.29, 0.717) is 10.0 Å². The summed E-state index contributed by atoms with van der Waals surface area (Å²) < 4.78 is 0. The Kier molecular flexibility index (Phi) is 5.27. The Labute approximate surface area is 170 Å². The fourth-order valence-electron chi connectivity index (χ4n) is 3.70. The lowest BCUT2D eigenvalue weighted by atomic mass is 9.96. The normalized spacial score (nSPS) is 18.2. The molecule has 0 aromatic heterocycles. The van der Waals surface area contributed by atoms with Crippen molar-refractivity contribution in [2.45, 2.75) is 25.9 Å². The third-order valence-electron chi connectivity index (χ3n) is 5.47. The first-order valence-electron chi connectivity index (χ1n) is 9.27. The summed E-state index contributed by atoms with van der Waals surface area (Å²) in [5, 5.41) is 1.35. The fraction of sp³-hybridized carbons (Fsp3) is 0.318. The van der Waals surface area contributed by atoms with Crippen LogP contribution in [0.1, 0.15) is 36.1 Å². The van der Waals surface area contributed by atoms with Crippen LogP contribution in [0.25, 0.3) is 5.57 Å². The first-order chi connectivity index (χ1) is 13.0. The molecule has 0 amide bonds. The Balaban J connectivity index is 1.58. The maximum absolute atomic E-state index is 6.42. The maximum atomic E-state index is 6.42. The molecule has 2 aromatic rings. The fourth-order valence-corrected chi connectivity index (χ4v) is 4.27. The van der Waals surface area contributed by atoms with Crippen molar-refractivity contribution < 1.29 is 0 Å². The van der Waals surface area contributed by atoms with Crippen molar-refractivity contribution in [3.8, 4) is 0 Å². The van der Waals surface area contributed by atoms with E-state index >= 15 is 0 Å². The van der Waals surface area contributed by atoms with Gasteiger partial charge in [0.1, 0.15) is 0 Å². The van der Waals surface area contributed by atoms with E-state index in [2.05, 4.69) is 53.0 Å². The Hall–Kier alpha value is -1.81. The molecule has 0 radical (unpaired) electrons. The molecule has 2 aliphatic heterocycles. The molecule has 4 rings (SSSR count). The summed E-state index contributed by atoms with van der Waals surface area (Å²) in [4.78, 5) is 9.24. The highest BCUT2D eigenvalue weighted by Gasteiger charge is 2.21. The number of benzene rings is 2. The number of hydrogen-bond acceptors (Lipinski definition) is 3. The summed E-state index contributed by atoms with van der Waals surface area (Å²) in [5.74, 6) is 0. The molecule has 1 atom stereocenters. The molecule has 0 spiro atoms. The quantitative estimate of drug-likeness (QED) is 0.634. The average Bonchev–Trinajstić information content (AvgIpc) is 2.67. The van der Waals surface area contributed by atoms with Crippen molar-refractivity contribution in [1.29, 1.82) is 0 Å². The number of nitrogens with zero attached hydrogens (tertiary/aromatic N) is 3. The van der Waals surface area contributed by atoms with Crippen LogP contribution in [-0.4, -0.2) is 36.3 Å². The summed E-state index contributed by atoms with van der Waals surface area (Å²) in [6.07, 6.45) is 5.36. The highest BCUT2D eigenvalue weighted by Crippen LogP contribution is 2.35. The molecule has 5 heteroatoms. The summed E-state index contributed by atoms with van der Waals surface area (Å²) in [5.41, 5.74) is 6.12. The maximum Gasteiger partial charge on any atom is 0.0920 e. The van der Waals surface area contributed by atoms with Crippen LogP contribution in [0.2, 0.25) is 10.0 Å². The molecule has 2 aliphatic rings. The molecular weight excluding hydrogens is 377 g/mol. The van der Waals surface area contributed by atoms with Crippen molar-refractivity contribution >= 4 is 40.8 Å². The van der Waals surface area contributed by atoms with Gasteiger partial charge in [-0.05, 0) is 66.9 Å². The van der Waals surface area contributed by atoms with Gasteiger partial charge >= 0.3 is 0 Å². The predicted octanol–water partition coefficient (Wildman–Crippen LogP) is 5.95. The Bertz CT molecular complexity index is 920. The molecule has 0 aliphatic carbocycles. The molecule has 0 fully saturated rings. The third-order valence-corrected chi connectivity index (χ3v) is 6.03. The minimum Gasteiger partial charge on any atom is -0.351 e. The predicted molar refractivity (Wildman–Crippen MR) is 115 cm³/mol. The van der Waals surface area contributed by atoms with E-state index in [1.54, 1.807) is 6.07 Å². The lowest BCUT2D eigenvalue weighted by Crippen LogP contribution is -2.27. The summed E-state index contributed by atoms with van der Waals surface area (Å²) in [6.45, 7) is 5.09. The van der Waals surface area contributed by atoms with Gasteiger partial charge in [0, 0.05) is 29.7 Å². The van der Waals surface area contributed by atoms with Gasteiger partial charge in [-0.1, -0.05) is 41.4 Å². The van der Waals surface area contributed by atoms with E-state index < -0.39 is 0 Å². The van der Waals surface area contributed by atoms with Gasteiger partial charge in [0.2, 0.25) is 0 Å². The number of fused-ring (bicyclic) bond motifs is 1. The number of rotatable bonds is 3. The topological polar surface area (TPSA) is 18.8 Å². The molecule has 2 aromatic carbocycles. The van der Waals surface area contributed by atoms with Crippen LogP contribution >= 0.6 is 23.2 Å². The van der Waals surface area contributed by atoms with E-state index in [-0.39, 0.29) is 6.04 Å². The van der Waals surface area contributed by atoms with Crippen molar-refractivity contribution in [2.24, 2.45) is 4.99 Å². The van der Waals surface area contributed by atoms with Crippen LogP contribution in [0, 0.1) is 0 Å². The zero-order chi connectivity index (χ0) is 19.0. The largest absolute Gasteiger partial charge is 0.351 e. The molecule has 0 saturated carbocycles. The second kappa shape index (κ2) is 7.67. The summed E-state index contributed by atoms with van der Waals surface area (Å²) in [7, 11) is 2.16. The van der Waals surface area contributed by atoms with Crippen LogP contribution in [-0.2, 0) is 6.54 Å². The van der Waals surface area contributed by atoms with Gasteiger partial charge in [-0.25, -0.2) is 4.99 Å². The van der Waals surface area contributed by atoms with Crippen LogP contribution in [0.5, 0.6) is 0 Å². The minimum atomic E-state index is 0.123. The van der Waals surface area contributed by atoms with E-state index in [4.69, 9.17) is 23.2 Å². The second-order valence-corrected chi connectivity index (χ2v) is 8.19. The smallest absolute Gasteiger partial charge is 0.0920 e. The van der Waals surface area contributed by atoms with Crippen molar-refractivity contribution in [1.82, 2.24) is 9.80 Å². The van der Waals surface area contributed by atoms with Crippen molar-refractivity contribution in [3.63, 3.8) is 0 Å². The first-order valence-corrected chi connectivity index (χ1v) is 10.0. The van der Waals surface area contributed by atoms with Crippen LogP contribution in [0.3, 0.4) is 0 Å². The SMILES string of the molecule is CC(c1ccc(Cl)cc1Cl)N1C=Nc2ccc(C3=CCN(C)CC3)cc2C1. The minimum absolute atomic E-state index is 0.123. The highest BCUT2D eigenvalue weighted by molar-refractivity contribution is 6.35. The third kappa shape index (κ3) is 3.91. The lowest BCUT2D eigenvalue weighted by Gasteiger charge is -2.31. The van der Waals surface area contributed by atoms with E-state index in [0.717, 1.165) is 37.3 Å². The number of halogens is 2. The lowest BCUT2D eigenvalue weighted by molar-refractivity contribution is 0.336. The monoisotopic (exact) mass is 399 g/mol. The molecular formula is C22H23Cl2N3. The van der Waals surface area contributed by atoms with Gasteiger partial charge in [0.15, 0.2) is 0 Å². The molecule has 0 bridgehead atoms. The van der Waals surface area contributed by atoms with E-state index in [1.807, 2.05) is 18.5 Å². The second-order valence-electron chi connectivity index (χ2n) is 7.34. The number of likely N-dealkylation sites (N-methyl/N-ethyl adjacent to an activating group) is 1. The Morgan fingerprint density at radius 3 is 2.70 bits per heavy atom. The van der Waals surface area contributed by atoms with E-state index in [9.17, 15) is 0 Å². The molecule has 27 heavy (non-hydrogen) atoms. The van der Waals surface area contributed by atoms with Gasteiger partial charge in [0.05, 0.1) is 18.1 Å². The van der Waals surface area contributed by atoms with Gasteiger partial charge < -0.3 is 9.80 Å². The summed E-state index contributed by atoms with van der Waals surface area (Å²) in [6, 6.07) is 12.4. The molecule has 1 unspecified atom stereocenters. The van der Waals surface area contributed by atoms with Gasteiger partial charge in [-0.2, -0.15) is 0 Å². The first kappa shape index (κ1) is 18.5. The van der Waals surface area contributed by atoms with Crippen LogP contribution in [0.15, 0.2) is 47.5 Å². The van der Waals surface area contributed by atoms with Crippen molar-refractivity contribution in [3.05, 3.63) is 69.2 Å². The summed E-state index contributed by atoms with van der Waals surface area (Å²) >= 11 is 12.5. The van der Waals surface area contributed by atoms with Gasteiger partial charge in [0.25, 0.3) is 0 Å². The number of aliphatic imine (C=N–C) groups is 1. The van der Waals surface area contributed by atoms with Crippen molar-refractivity contribution in [2.75, 3.05) is 20.1 Å². The Morgan fingerprint density at radius 1 is 1.11 bits per heavy atom. The Morgan fingerprint density at radius 2 is 1.96 bits per heavy atom. The van der Waals surface area contributed by atoms with Gasteiger partial charge in [-0.3, -0.25) is 0 Å². The molecule has 0 saturated heterocycles. The van der Waals surface area contributed by atoms with Crippen LogP contribution < -0.4 is 0 Å². The zero-order valence-corrected chi connectivity index (χ0v) is 17.1. The van der Waals surface area contributed by atoms with E-state index in [1.165, 1.54) is 16.7 Å².